The molecule has 2 aromatic carbocycles. The van der Waals surface area contributed by atoms with Gasteiger partial charge in [-0.3, -0.25) is 9.59 Å². The molecule has 0 radical (unpaired) electrons. The maximum atomic E-state index is 12.4. The van der Waals surface area contributed by atoms with E-state index in [-0.39, 0.29) is 24.0 Å². The van der Waals surface area contributed by atoms with Gasteiger partial charge in [0.2, 0.25) is 11.8 Å². The van der Waals surface area contributed by atoms with Crippen molar-refractivity contribution in [3.63, 3.8) is 0 Å². The smallest absolute Gasteiger partial charge is 0.238 e. The van der Waals surface area contributed by atoms with E-state index in [0.29, 0.717) is 6.54 Å². The average molecular weight is 382 g/mol. The molecule has 0 fully saturated rings. The fourth-order valence-corrected chi connectivity index (χ4v) is 4.85. The molecule has 1 atom stereocenters. The number of hydrogen-bond donors (Lipinski definition) is 3. The first-order valence-electron chi connectivity index (χ1n) is 9.27. The minimum Gasteiger partial charge on any atom is -0.508 e. The SMILES string of the molecule is O=C(CC1Sc2ccccc2NC1=O)NCc1c(O)ccc2c1CCCC2. The number of anilines is 1. The van der Waals surface area contributed by atoms with E-state index in [1.807, 2.05) is 30.3 Å². The predicted octanol–water partition coefficient (Wildman–Crippen LogP) is 3.39. The van der Waals surface area contributed by atoms with E-state index >= 15 is 0 Å². The number of fused-ring (bicyclic) bond motifs is 2. The molecule has 27 heavy (non-hydrogen) atoms. The van der Waals surface area contributed by atoms with Crippen LogP contribution in [0.25, 0.3) is 0 Å². The van der Waals surface area contributed by atoms with Crippen molar-refractivity contribution in [1.29, 1.82) is 0 Å². The maximum absolute atomic E-state index is 12.4. The highest BCUT2D eigenvalue weighted by molar-refractivity contribution is 8.01. The van der Waals surface area contributed by atoms with Crippen molar-refractivity contribution >= 4 is 29.3 Å². The molecule has 2 aromatic rings. The molecule has 3 N–H and O–H groups in total. The van der Waals surface area contributed by atoms with Crippen molar-refractivity contribution in [2.24, 2.45) is 0 Å². The fourth-order valence-electron chi connectivity index (χ4n) is 3.74. The molecule has 4 rings (SSSR count). The van der Waals surface area contributed by atoms with Crippen LogP contribution >= 0.6 is 11.8 Å². The van der Waals surface area contributed by atoms with E-state index in [1.54, 1.807) is 6.07 Å². The monoisotopic (exact) mass is 382 g/mol. The summed E-state index contributed by atoms with van der Waals surface area (Å²) in [5, 5.41) is 15.5. The molecule has 0 saturated heterocycles. The van der Waals surface area contributed by atoms with Gasteiger partial charge in [0.15, 0.2) is 0 Å². The third kappa shape index (κ3) is 3.81. The number of amides is 2. The highest BCUT2D eigenvalue weighted by atomic mass is 32.2. The first-order chi connectivity index (χ1) is 13.1. The Kier molecular flexibility index (Phi) is 5.07. The molecule has 0 bridgehead atoms. The molecule has 1 unspecified atom stereocenters. The van der Waals surface area contributed by atoms with Crippen molar-refractivity contribution in [2.45, 2.75) is 48.8 Å². The van der Waals surface area contributed by atoms with Gasteiger partial charge in [-0.2, -0.15) is 0 Å². The van der Waals surface area contributed by atoms with Crippen LogP contribution in [0, 0.1) is 0 Å². The molecule has 1 aliphatic heterocycles. The summed E-state index contributed by atoms with van der Waals surface area (Å²) in [7, 11) is 0. The van der Waals surface area contributed by atoms with Gasteiger partial charge in [-0.25, -0.2) is 0 Å². The number of aromatic hydroxyl groups is 1. The number of phenols is 1. The molecular weight excluding hydrogens is 360 g/mol. The minimum atomic E-state index is -0.446. The Morgan fingerprint density at radius 1 is 1.19 bits per heavy atom. The van der Waals surface area contributed by atoms with E-state index in [9.17, 15) is 14.7 Å². The number of rotatable bonds is 4. The summed E-state index contributed by atoms with van der Waals surface area (Å²) in [6, 6.07) is 11.3. The van der Waals surface area contributed by atoms with Crippen LogP contribution in [0.1, 0.15) is 36.0 Å². The maximum Gasteiger partial charge on any atom is 0.238 e. The molecule has 0 saturated carbocycles. The van der Waals surface area contributed by atoms with Crippen LogP contribution in [0.4, 0.5) is 5.69 Å². The number of hydrogen-bond acceptors (Lipinski definition) is 4. The summed E-state index contributed by atoms with van der Waals surface area (Å²) < 4.78 is 0. The lowest BCUT2D eigenvalue weighted by Gasteiger charge is -2.24. The zero-order chi connectivity index (χ0) is 18.8. The third-order valence-electron chi connectivity index (χ3n) is 5.17. The first kappa shape index (κ1) is 17.9. The van der Waals surface area contributed by atoms with Gasteiger partial charge in [-0.05, 0) is 55.0 Å². The summed E-state index contributed by atoms with van der Waals surface area (Å²) in [5.41, 5.74) is 4.04. The van der Waals surface area contributed by atoms with Crippen molar-refractivity contribution in [3.8, 4) is 5.75 Å². The lowest BCUT2D eigenvalue weighted by molar-refractivity contribution is -0.124. The summed E-state index contributed by atoms with van der Waals surface area (Å²) in [5.74, 6) is -0.0988. The zero-order valence-corrected chi connectivity index (χ0v) is 15.8. The summed E-state index contributed by atoms with van der Waals surface area (Å²) in [6.07, 6.45) is 4.34. The molecule has 6 heteroatoms. The predicted molar refractivity (Wildman–Crippen MR) is 106 cm³/mol. The highest BCUT2D eigenvalue weighted by Gasteiger charge is 2.29. The summed E-state index contributed by atoms with van der Waals surface area (Å²) >= 11 is 1.42. The Balaban J connectivity index is 1.40. The standard InChI is InChI=1S/C21H22N2O3S/c24-17-10-9-13-5-1-2-6-14(13)15(17)12-22-20(25)11-19-21(26)23-16-7-3-4-8-18(16)27-19/h3-4,7-10,19,24H,1-2,5-6,11-12H2,(H,22,25)(H,23,26). The molecular formula is C21H22N2O3S. The number of carbonyl (C=O) groups is 2. The van der Waals surface area contributed by atoms with Crippen molar-refractivity contribution in [1.82, 2.24) is 5.32 Å². The molecule has 2 amide bonds. The van der Waals surface area contributed by atoms with Crippen LogP contribution in [0.5, 0.6) is 5.75 Å². The summed E-state index contributed by atoms with van der Waals surface area (Å²) in [6.45, 7) is 0.295. The number of para-hydroxylation sites is 1. The quantitative estimate of drug-likeness (QED) is 0.757. The van der Waals surface area contributed by atoms with Gasteiger partial charge < -0.3 is 15.7 Å². The largest absolute Gasteiger partial charge is 0.508 e. The Morgan fingerprint density at radius 3 is 2.89 bits per heavy atom. The first-order valence-corrected chi connectivity index (χ1v) is 10.2. The minimum absolute atomic E-state index is 0.112. The van der Waals surface area contributed by atoms with Crippen LogP contribution in [0.2, 0.25) is 0 Å². The van der Waals surface area contributed by atoms with Crippen LogP contribution in [0.15, 0.2) is 41.3 Å². The van der Waals surface area contributed by atoms with Crippen LogP contribution in [0.3, 0.4) is 0 Å². The molecule has 0 spiro atoms. The Hall–Kier alpha value is -2.47. The number of aryl methyl sites for hydroxylation is 1. The second-order valence-corrected chi connectivity index (χ2v) is 8.23. The van der Waals surface area contributed by atoms with E-state index < -0.39 is 5.25 Å². The molecule has 2 aliphatic rings. The van der Waals surface area contributed by atoms with Gasteiger partial charge in [-0.15, -0.1) is 11.8 Å². The molecule has 140 valence electrons. The van der Waals surface area contributed by atoms with Gasteiger partial charge in [-0.1, -0.05) is 18.2 Å². The van der Waals surface area contributed by atoms with Crippen LogP contribution in [-0.4, -0.2) is 22.2 Å². The Bertz CT molecular complexity index is 897. The second-order valence-electron chi connectivity index (χ2n) is 6.98. The topological polar surface area (TPSA) is 78.4 Å². The van der Waals surface area contributed by atoms with E-state index in [0.717, 1.165) is 35.4 Å². The molecule has 5 nitrogen and oxygen atoms in total. The molecule has 1 heterocycles. The van der Waals surface area contributed by atoms with Crippen LogP contribution in [-0.2, 0) is 29.0 Å². The third-order valence-corrected chi connectivity index (χ3v) is 6.44. The number of thioether (sulfide) groups is 1. The number of phenolic OH excluding ortho intramolecular Hbond substituents is 1. The Morgan fingerprint density at radius 2 is 2.00 bits per heavy atom. The number of carbonyl (C=O) groups excluding carboxylic acids is 2. The number of benzene rings is 2. The fraction of sp³-hybridized carbons (Fsp3) is 0.333. The van der Waals surface area contributed by atoms with Crippen molar-refractivity contribution < 1.29 is 14.7 Å². The van der Waals surface area contributed by atoms with E-state index in [4.69, 9.17) is 0 Å². The Labute approximate surface area is 162 Å². The van der Waals surface area contributed by atoms with Gasteiger partial charge in [0.05, 0.1) is 10.9 Å². The average Bonchev–Trinajstić information content (AvgIpc) is 2.68. The van der Waals surface area contributed by atoms with Gasteiger partial charge >= 0.3 is 0 Å². The van der Waals surface area contributed by atoms with Crippen molar-refractivity contribution in [2.75, 3.05) is 5.32 Å². The lowest BCUT2D eigenvalue weighted by Crippen LogP contribution is -2.34. The van der Waals surface area contributed by atoms with Gasteiger partial charge in [0.1, 0.15) is 5.75 Å². The number of nitrogens with one attached hydrogen (secondary N) is 2. The van der Waals surface area contributed by atoms with Crippen molar-refractivity contribution in [3.05, 3.63) is 53.1 Å². The van der Waals surface area contributed by atoms with E-state index in [2.05, 4.69) is 10.6 Å². The van der Waals surface area contributed by atoms with Crippen LogP contribution < -0.4 is 10.6 Å². The summed E-state index contributed by atoms with van der Waals surface area (Å²) in [4.78, 5) is 25.7. The van der Waals surface area contributed by atoms with Gasteiger partial charge in [0.25, 0.3) is 0 Å². The zero-order valence-electron chi connectivity index (χ0n) is 15.0. The second kappa shape index (κ2) is 7.64. The van der Waals surface area contributed by atoms with Gasteiger partial charge in [0, 0.05) is 23.4 Å². The van der Waals surface area contributed by atoms with E-state index in [1.165, 1.54) is 29.3 Å². The normalized spacial score (nSPS) is 18.2. The lowest BCUT2D eigenvalue weighted by atomic mass is 9.87. The molecule has 1 aliphatic carbocycles. The molecule has 0 aromatic heterocycles. The highest BCUT2D eigenvalue weighted by Crippen LogP contribution is 2.36.